The number of rotatable bonds is 9. The first-order valence-corrected chi connectivity index (χ1v) is 11.5. The van der Waals surface area contributed by atoms with Crippen LogP contribution in [0.3, 0.4) is 0 Å². The summed E-state index contributed by atoms with van der Waals surface area (Å²) < 4.78 is 12.0. The molecule has 3 aromatic rings. The number of hydrogen-bond donors (Lipinski definition) is 2. The largest absolute Gasteiger partial charge is 0.490 e. The van der Waals surface area contributed by atoms with E-state index in [0.717, 1.165) is 11.1 Å². The number of nitrogens with zero attached hydrogens (tertiary/aromatic N) is 1. The summed E-state index contributed by atoms with van der Waals surface area (Å²) in [5.41, 5.74) is 6.53. The van der Waals surface area contributed by atoms with Gasteiger partial charge in [0.2, 0.25) is 0 Å². The molecule has 7 nitrogen and oxygen atoms in total. The Kier molecular flexibility index (Phi) is 8.81. The molecule has 176 valence electrons. The quantitative estimate of drug-likeness (QED) is 0.296. The van der Waals surface area contributed by atoms with E-state index >= 15 is 0 Å². The monoisotopic (exact) mass is 523 g/mol. The zero-order valence-corrected chi connectivity index (χ0v) is 20.8. The Balaban J connectivity index is 1.65. The van der Waals surface area contributed by atoms with Crippen molar-refractivity contribution >= 4 is 39.6 Å². The van der Waals surface area contributed by atoms with Crippen molar-refractivity contribution in [1.29, 1.82) is 0 Å². The minimum Gasteiger partial charge on any atom is -0.490 e. The molecule has 8 heteroatoms. The third kappa shape index (κ3) is 7.18. The number of halogens is 1. The number of anilines is 1. The predicted octanol–water partition coefficient (Wildman–Crippen LogP) is 5.25. The first-order chi connectivity index (χ1) is 16.4. The van der Waals surface area contributed by atoms with Gasteiger partial charge in [-0.1, -0.05) is 29.8 Å². The number of carbonyl (C=O) groups is 2. The number of hydrazone groups is 1. The molecule has 3 aromatic carbocycles. The van der Waals surface area contributed by atoms with Crippen LogP contribution in [0, 0.1) is 13.8 Å². The molecule has 0 aliphatic rings. The van der Waals surface area contributed by atoms with E-state index in [4.69, 9.17) is 9.47 Å². The Morgan fingerprint density at radius 1 is 1.00 bits per heavy atom. The van der Waals surface area contributed by atoms with Crippen LogP contribution in [0.5, 0.6) is 11.5 Å². The van der Waals surface area contributed by atoms with Gasteiger partial charge >= 0.3 is 0 Å². The number of hydrogen-bond acceptors (Lipinski definition) is 5. The lowest BCUT2D eigenvalue weighted by atomic mass is 10.1. The molecular weight excluding hydrogens is 498 g/mol. The summed E-state index contributed by atoms with van der Waals surface area (Å²) in [5, 5.41) is 6.84. The van der Waals surface area contributed by atoms with Gasteiger partial charge in [0.25, 0.3) is 11.8 Å². The van der Waals surface area contributed by atoms with Crippen LogP contribution in [-0.2, 0) is 4.79 Å². The number of carbonyl (C=O) groups excluding carboxylic acids is 2. The van der Waals surface area contributed by atoms with E-state index in [9.17, 15) is 9.59 Å². The van der Waals surface area contributed by atoms with E-state index < -0.39 is 0 Å². The molecule has 0 bridgehead atoms. The average molecular weight is 524 g/mol. The van der Waals surface area contributed by atoms with E-state index in [1.807, 2.05) is 57.2 Å². The lowest BCUT2D eigenvalue weighted by Gasteiger charge is -2.14. The summed E-state index contributed by atoms with van der Waals surface area (Å²) in [6, 6.07) is 18.2. The van der Waals surface area contributed by atoms with Gasteiger partial charge in [-0.2, -0.15) is 5.10 Å². The summed E-state index contributed by atoms with van der Waals surface area (Å²) in [4.78, 5) is 24.6. The van der Waals surface area contributed by atoms with Crippen LogP contribution in [0.15, 0.2) is 70.2 Å². The molecule has 34 heavy (non-hydrogen) atoms. The van der Waals surface area contributed by atoms with E-state index in [0.29, 0.717) is 39.4 Å². The average Bonchev–Trinajstić information content (AvgIpc) is 2.79. The second-order valence-electron chi connectivity index (χ2n) is 7.53. The van der Waals surface area contributed by atoms with Crippen LogP contribution >= 0.6 is 15.9 Å². The fourth-order valence-corrected chi connectivity index (χ4v) is 3.63. The maximum absolute atomic E-state index is 12.3. The Morgan fingerprint density at radius 3 is 2.47 bits per heavy atom. The molecule has 0 aromatic heterocycles. The second kappa shape index (κ2) is 12.0. The van der Waals surface area contributed by atoms with E-state index in [-0.39, 0.29) is 18.4 Å². The maximum Gasteiger partial charge on any atom is 0.271 e. The number of nitrogens with one attached hydrogen (secondary N) is 2. The van der Waals surface area contributed by atoms with Crippen LogP contribution in [0.2, 0.25) is 0 Å². The summed E-state index contributed by atoms with van der Waals surface area (Å²) in [5.74, 6) is 0.262. The van der Waals surface area contributed by atoms with Gasteiger partial charge in [-0.05, 0) is 84.2 Å². The maximum atomic E-state index is 12.3. The Morgan fingerprint density at radius 2 is 1.76 bits per heavy atom. The third-order valence-corrected chi connectivity index (χ3v) is 5.26. The van der Waals surface area contributed by atoms with Crippen molar-refractivity contribution in [3.63, 3.8) is 0 Å². The fourth-order valence-electron chi connectivity index (χ4n) is 3.06. The number of benzene rings is 3. The molecule has 0 heterocycles. The molecule has 0 aliphatic carbocycles. The Bertz CT molecular complexity index is 1190. The SMILES string of the molecule is CCOc1cc(/C=N/NC(=O)c2ccc(C)cc2)cc(Br)c1OCC(=O)Nc1cccc(C)c1. The highest BCUT2D eigenvalue weighted by Gasteiger charge is 2.14. The molecule has 0 radical (unpaired) electrons. The van der Waals surface area contributed by atoms with Crippen LogP contribution in [0.4, 0.5) is 5.69 Å². The number of amides is 2. The molecule has 2 N–H and O–H groups in total. The van der Waals surface area contributed by atoms with Gasteiger partial charge in [-0.25, -0.2) is 5.43 Å². The van der Waals surface area contributed by atoms with Gasteiger partial charge in [0, 0.05) is 11.3 Å². The van der Waals surface area contributed by atoms with Crippen LogP contribution in [0.25, 0.3) is 0 Å². The first kappa shape index (κ1) is 25.0. The Labute approximate surface area is 207 Å². The predicted molar refractivity (Wildman–Crippen MR) is 137 cm³/mol. The van der Waals surface area contributed by atoms with Crippen molar-refractivity contribution in [2.75, 3.05) is 18.5 Å². The van der Waals surface area contributed by atoms with E-state index in [2.05, 4.69) is 31.8 Å². The minimum absolute atomic E-state index is 0.188. The van der Waals surface area contributed by atoms with Crippen molar-refractivity contribution in [3.8, 4) is 11.5 Å². The van der Waals surface area contributed by atoms with Gasteiger partial charge in [0.05, 0.1) is 17.3 Å². The molecule has 0 saturated heterocycles. The normalized spacial score (nSPS) is 10.7. The van der Waals surface area contributed by atoms with E-state index in [1.54, 1.807) is 24.3 Å². The lowest BCUT2D eigenvalue weighted by molar-refractivity contribution is -0.118. The smallest absolute Gasteiger partial charge is 0.271 e. The molecular formula is C26H26BrN3O4. The van der Waals surface area contributed by atoms with Crippen molar-refractivity contribution in [1.82, 2.24) is 5.43 Å². The minimum atomic E-state index is -0.306. The van der Waals surface area contributed by atoms with Crippen molar-refractivity contribution < 1.29 is 19.1 Å². The first-order valence-electron chi connectivity index (χ1n) is 10.7. The Hall–Kier alpha value is -3.65. The fraction of sp³-hybridized carbons (Fsp3) is 0.192. The summed E-state index contributed by atoms with van der Waals surface area (Å²) >= 11 is 3.47. The van der Waals surface area contributed by atoms with Gasteiger partial charge in [-0.15, -0.1) is 0 Å². The van der Waals surface area contributed by atoms with Crippen molar-refractivity contribution in [2.45, 2.75) is 20.8 Å². The topological polar surface area (TPSA) is 89.0 Å². The highest BCUT2D eigenvalue weighted by molar-refractivity contribution is 9.10. The summed E-state index contributed by atoms with van der Waals surface area (Å²) in [6.45, 7) is 5.98. The zero-order chi connectivity index (χ0) is 24.5. The third-order valence-electron chi connectivity index (χ3n) is 4.67. The molecule has 3 rings (SSSR count). The summed E-state index contributed by atoms with van der Waals surface area (Å²) in [6.07, 6.45) is 1.51. The van der Waals surface area contributed by atoms with Crippen LogP contribution in [0.1, 0.15) is 34.0 Å². The van der Waals surface area contributed by atoms with Gasteiger partial charge < -0.3 is 14.8 Å². The highest BCUT2D eigenvalue weighted by Crippen LogP contribution is 2.36. The molecule has 0 saturated carbocycles. The molecule has 0 spiro atoms. The highest BCUT2D eigenvalue weighted by atomic mass is 79.9. The molecule has 0 unspecified atom stereocenters. The van der Waals surface area contributed by atoms with Gasteiger partial charge in [0.15, 0.2) is 18.1 Å². The lowest BCUT2D eigenvalue weighted by Crippen LogP contribution is -2.20. The molecule has 0 aliphatic heterocycles. The number of ether oxygens (including phenoxy) is 2. The molecule has 2 amide bonds. The second-order valence-corrected chi connectivity index (χ2v) is 8.39. The van der Waals surface area contributed by atoms with Crippen LogP contribution < -0.4 is 20.2 Å². The van der Waals surface area contributed by atoms with Crippen molar-refractivity contribution in [3.05, 3.63) is 87.4 Å². The van der Waals surface area contributed by atoms with Crippen molar-refractivity contribution in [2.24, 2.45) is 5.10 Å². The van der Waals surface area contributed by atoms with Crippen LogP contribution in [-0.4, -0.2) is 31.2 Å². The standard InChI is InChI=1S/C26H26BrN3O4/c1-4-33-23-14-19(15-28-30-26(32)20-10-8-17(2)9-11-20)13-22(27)25(23)34-16-24(31)29-21-7-5-6-18(3)12-21/h5-15H,4,16H2,1-3H3,(H,29,31)(H,30,32)/b28-15+. The van der Waals surface area contributed by atoms with Gasteiger partial charge in [0.1, 0.15) is 0 Å². The molecule has 0 fully saturated rings. The zero-order valence-electron chi connectivity index (χ0n) is 19.2. The van der Waals surface area contributed by atoms with Gasteiger partial charge in [-0.3, -0.25) is 9.59 Å². The van der Waals surface area contributed by atoms with E-state index in [1.165, 1.54) is 6.21 Å². The number of aryl methyl sites for hydroxylation is 2. The molecule has 0 atom stereocenters. The summed E-state index contributed by atoms with van der Waals surface area (Å²) in [7, 11) is 0.